The van der Waals surface area contributed by atoms with E-state index >= 15 is 0 Å². The van der Waals surface area contributed by atoms with Crippen LogP contribution in [0.4, 0.5) is 13.2 Å². The van der Waals surface area contributed by atoms with E-state index in [4.69, 9.17) is 0 Å². The Morgan fingerprint density at radius 3 is 2.42 bits per heavy atom. The molecule has 2 rings (SSSR count). The van der Waals surface area contributed by atoms with E-state index in [-0.39, 0.29) is 4.83 Å². The molecule has 0 fully saturated rings. The summed E-state index contributed by atoms with van der Waals surface area (Å²) in [4.78, 5) is 0.0932. The molecule has 0 spiro atoms. The molecule has 0 saturated carbocycles. The molecule has 0 aliphatic carbocycles. The predicted octanol–water partition coefficient (Wildman–Crippen LogP) is 4.13. The first kappa shape index (κ1) is 14.0. The minimum absolute atomic E-state index is 0.0932. The van der Waals surface area contributed by atoms with E-state index in [9.17, 15) is 13.2 Å². The largest absolute Gasteiger partial charge is 0.416 e. The van der Waals surface area contributed by atoms with Crippen LogP contribution in [-0.4, -0.2) is 15.0 Å². The van der Waals surface area contributed by atoms with Crippen molar-refractivity contribution in [1.82, 2.24) is 15.0 Å². The van der Waals surface area contributed by atoms with E-state index in [1.807, 2.05) is 6.92 Å². The Bertz CT molecular complexity index is 548. The van der Waals surface area contributed by atoms with Crippen LogP contribution in [-0.2, 0) is 6.18 Å². The molecule has 2 aromatic rings. The molecular weight excluding hydrogens is 323 g/mol. The van der Waals surface area contributed by atoms with Gasteiger partial charge in [0, 0.05) is 0 Å². The normalized spacial score (nSPS) is 13.5. The third-order valence-corrected chi connectivity index (χ3v) is 3.77. The lowest BCUT2D eigenvalue weighted by molar-refractivity contribution is -0.137. The highest BCUT2D eigenvalue weighted by molar-refractivity contribution is 9.09. The van der Waals surface area contributed by atoms with Gasteiger partial charge in [0.15, 0.2) is 0 Å². The fraction of sp³-hybridized carbons (Fsp3) is 0.333. The third-order valence-electron chi connectivity index (χ3n) is 2.65. The summed E-state index contributed by atoms with van der Waals surface area (Å²) in [6.45, 7) is 2.00. The Hall–Kier alpha value is -1.37. The summed E-state index contributed by atoms with van der Waals surface area (Å²) in [5.74, 6) is 0. The van der Waals surface area contributed by atoms with Crippen molar-refractivity contribution in [3.8, 4) is 5.69 Å². The molecule has 1 aromatic carbocycles. The number of aromatic nitrogens is 3. The summed E-state index contributed by atoms with van der Waals surface area (Å²) in [7, 11) is 0. The lowest BCUT2D eigenvalue weighted by Crippen LogP contribution is -2.05. The number of halogens is 4. The summed E-state index contributed by atoms with van der Waals surface area (Å²) in [6.07, 6.45) is -1.77. The van der Waals surface area contributed by atoms with Gasteiger partial charge in [0.25, 0.3) is 0 Å². The van der Waals surface area contributed by atoms with Crippen molar-refractivity contribution >= 4 is 15.9 Å². The van der Waals surface area contributed by atoms with Gasteiger partial charge in [-0.1, -0.05) is 28.1 Å². The quantitative estimate of drug-likeness (QED) is 0.790. The Balaban J connectivity index is 2.25. The third kappa shape index (κ3) is 3.15. The van der Waals surface area contributed by atoms with Gasteiger partial charge in [0.05, 0.1) is 28.0 Å². The number of hydrogen-bond acceptors (Lipinski definition) is 2. The lowest BCUT2D eigenvalue weighted by atomic mass is 10.2. The van der Waals surface area contributed by atoms with Gasteiger partial charge >= 0.3 is 6.18 Å². The fourth-order valence-corrected chi connectivity index (χ4v) is 1.77. The second-order valence-electron chi connectivity index (χ2n) is 4.01. The van der Waals surface area contributed by atoms with Crippen molar-refractivity contribution in [3.05, 3.63) is 41.7 Å². The van der Waals surface area contributed by atoms with E-state index in [1.54, 1.807) is 6.20 Å². The number of rotatable bonds is 3. The van der Waals surface area contributed by atoms with Crippen LogP contribution in [0.5, 0.6) is 0 Å². The maximum Gasteiger partial charge on any atom is 0.416 e. The summed E-state index contributed by atoms with van der Waals surface area (Å²) in [5, 5.41) is 7.88. The fourth-order valence-electron chi connectivity index (χ4n) is 1.56. The summed E-state index contributed by atoms with van der Waals surface area (Å²) < 4.78 is 38.8. The number of nitrogens with zero attached hydrogens (tertiary/aromatic N) is 3. The topological polar surface area (TPSA) is 30.7 Å². The van der Waals surface area contributed by atoms with Crippen LogP contribution in [0.3, 0.4) is 0 Å². The molecule has 1 unspecified atom stereocenters. The van der Waals surface area contributed by atoms with Gasteiger partial charge in [-0.05, 0) is 30.7 Å². The molecule has 7 heteroatoms. The van der Waals surface area contributed by atoms with Crippen LogP contribution in [0.2, 0.25) is 0 Å². The van der Waals surface area contributed by atoms with Crippen molar-refractivity contribution < 1.29 is 13.2 Å². The summed E-state index contributed by atoms with van der Waals surface area (Å²) in [5.41, 5.74) is 0.619. The number of alkyl halides is 4. The molecule has 0 aliphatic rings. The van der Waals surface area contributed by atoms with Crippen LogP contribution < -0.4 is 0 Å². The summed E-state index contributed by atoms with van der Waals surface area (Å²) in [6, 6.07) is 4.80. The van der Waals surface area contributed by atoms with Crippen molar-refractivity contribution in [2.75, 3.05) is 0 Å². The standard InChI is InChI=1S/C12H11BrF3N3/c1-2-10(13)11-7-19(18-17-11)9-5-3-8(4-6-9)12(14,15)16/h3-7,10H,2H2,1H3. The SMILES string of the molecule is CCC(Br)c1cn(-c2ccc(C(F)(F)F)cc2)nn1. The van der Waals surface area contributed by atoms with Gasteiger partial charge in [-0.3, -0.25) is 0 Å². The lowest BCUT2D eigenvalue weighted by Gasteiger charge is -2.07. The van der Waals surface area contributed by atoms with Crippen LogP contribution in [0.15, 0.2) is 30.5 Å². The first-order chi connectivity index (χ1) is 8.91. The molecular formula is C12H11BrF3N3. The van der Waals surface area contributed by atoms with Gasteiger partial charge in [-0.2, -0.15) is 13.2 Å². The molecule has 1 atom stereocenters. The minimum Gasteiger partial charge on any atom is -0.220 e. The molecule has 0 radical (unpaired) electrons. The van der Waals surface area contributed by atoms with Gasteiger partial charge < -0.3 is 0 Å². The highest BCUT2D eigenvalue weighted by Gasteiger charge is 2.30. The van der Waals surface area contributed by atoms with Gasteiger partial charge in [-0.25, -0.2) is 4.68 Å². The average molecular weight is 334 g/mol. The maximum absolute atomic E-state index is 12.4. The molecule has 0 N–H and O–H groups in total. The van der Waals surface area contributed by atoms with Gasteiger partial charge in [0.1, 0.15) is 0 Å². The van der Waals surface area contributed by atoms with E-state index in [0.29, 0.717) is 5.69 Å². The zero-order valence-corrected chi connectivity index (χ0v) is 11.6. The molecule has 3 nitrogen and oxygen atoms in total. The first-order valence-electron chi connectivity index (χ1n) is 5.65. The second kappa shape index (κ2) is 5.32. The average Bonchev–Trinajstić information content (AvgIpc) is 2.86. The van der Waals surface area contributed by atoms with Crippen molar-refractivity contribution in [3.63, 3.8) is 0 Å². The van der Waals surface area contributed by atoms with E-state index in [0.717, 1.165) is 24.2 Å². The van der Waals surface area contributed by atoms with Gasteiger partial charge in [-0.15, -0.1) is 5.10 Å². The molecule has 0 bridgehead atoms. The van der Waals surface area contributed by atoms with Crippen molar-refractivity contribution in [2.24, 2.45) is 0 Å². The van der Waals surface area contributed by atoms with Crippen LogP contribution in [0.25, 0.3) is 5.69 Å². The molecule has 0 aliphatic heterocycles. The van der Waals surface area contributed by atoms with Crippen LogP contribution >= 0.6 is 15.9 Å². The van der Waals surface area contributed by atoms with Crippen LogP contribution in [0.1, 0.15) is 29.4 Å². The monoisotopic (exact) mass is 333 g/mol. The smallest absolute Gasteiger partial charge is 0.220 e. The Morgan fingerprint density at radius 1 is 1.26 bits per heavy atom. The van der Waals surface area contributed by atoms with E-state index < -0.39 is 11.7 Å². The molecule has 0 saturated heterocycles. The zero-order chi connectivity index (χ0) is 14.0. The molecule has 1 heterocycles. The van der Waals surface area contributed by atoms with Crippen molar-refractivity contribution in [2.45, 2.75) is 24.3 Å². The van der Waals surface area contributed by atoms with Gasteiger partial charge in [0.2, 0.25) is 0 Å². The first-order valence-corrected chi connectivity index (χ1v) is 6.57. The molecule has 1 aromatic heterocycles. The Labute approximate surface area is 116 Å². The minimum atomic E-state index is -4.32. The predicted molar refractivity (Wildman–Crippen MR) is 68.3 cm³/mol. The highest BCUT2D eigenvalue weighted by atomic mass is 79.9. The Kier molecular flexibility index (Phi) is 3.93. The highest BCUT2D eigenvalue weighted by Crippen LogP contribution is 2.30. The van der Waals surface area contributed by atoms with E-state index in [1.165, 1.54) is 16.8 Å². The van der Waals surface area contributed by atoms with Crippen LogP contribution in [0, 0.1) is 0 Å². The second-order valence-corrected chi connectivity index (χ2v) is 5.11. The molecule has 102 valence electrons. The number of benzene rings is 1. The maximum atomic E-state index is 12.4. The summed E-state index contributed by atoms with van der Waals surface area (Å²) >= 11 is 3.44. The number of hydrogen-bond donors (Lipinski definition) is 0. The molecule has 19 heavy (non-hydrogen) atoms. The zero-order valence-electron chi connectivity index (χ0n) is 10.0. The van der Waals surface area contributed by atoms with E-state index in [2.05, 4.69) is 26.2 Å². The Morgan fingerprint density at radius 2 is 1.89 bits per heavy atom. The molecule has 0 amide bonds. The van der Waals surface area contributed by atoms with Crippen molar-refractivity contribution in [1.29, 1.82) is 0 Å².